The van der Waals surface area contributed by atoms with E-state index in [1.54, 1.807) is 0 Å². The van der Waals surface area contributed by atoms with Gasteiger partial charge in [0.2, 0.25) is 0 Å². The number of aliphatic carboxylic acids is 1. The predicted molar refractivity (Wildman–Crippen MR) is 66.4 cm³/mol. The summed E-state index contributed by atoms with van der Waals surface area (Å²) in [6, 6.07) is 0. The second-order valence-electron chi connectivity index (χ2n) is 6.23. The molecule has 0 heterocycles. The summed E-state index contributed by atoms with van der Waals surface area (Å²) in [5.74, 6) is -0.599. The Morgan fingerprint density at radius 3 is 2.44 bits per heavy atom. The first-order valence-corrected chi connectivity index (χ1v) is 6.24. The molecule has 0 saturated carbocycles. The third kappa shape index (κ3) is 3.66. The van der Waals surface area contributed by atoms with Gasteiger partial charge in [0, 0.05) is 0 Å². The molecule has 0 aromatic rings. The quantitative estimate of drug-likeness (QED) is 0.719. The van der Waals surface area contributed by atoms with Gasteiger partial charge in [0.15, 0.2) is 0 Å². The van der Waals surface area contributed by atoms with Crippen LogP contribution in [0.25, 0.3) is 0 Å². The Morgan fingerprint density at radius 2 is 1.88 bits per heavy atom. The molecule has 1 unspecified atom stereocenters. The van der Waals surface area contributed by atoms with Gasteiger partial charge in [-0.2, -0.15) is 0 Å². The fourth-order valence-electron chi connectivity index (χ4n) is 2.76. The smallest absolute Gasteiger partial charge is 0.309 e. The second-order valence-corrected chi connectivity index (χ2v) is 6.23. The molecule has 2 nitrogen and oxygen atoms in total. The minimum absolute atomic E-state index is 0.0846. The minimum atomic E-state index is -0.599. The summed E-state index contributed by atoms with van der Waals surface area (Å²) in [5.41, 5.74) is -0.412. The molecule has 0 saturated heterocycles. The van der Waals surface area contributed by atoms with Crippen molar-refractivity contribution >= 4 is 5.97 Å². The molecule has 1 aliphatic carbocycles. The van der Waals surface area contributed by atoms with Crippen LogP contribution in [0.4, 0.5) is 0 Å². The molecule has 0 bridgehead atoms. The van der Waals surface area contributed by atoms with Gasteiger partial charge in [0.1, 0.15) is 0 Å². The van der Waals surface area contributed by atoms with E-state index >= 15 is 0 Å². The van der Waals surface area contributed by atoms with E-state index in [1.807, 2.05) is 0 Å². The first kappa shape index (κ1) is 13.3. The van der Waals surface area contributed by atoms with Crippen molar-refractivity contribution in [1.82, 2.24) is 0 Å². The maximum absolute atomic E-state index is 11.6. The lowest BCUT2D eigenvalue weighted by Crippen LogP contribution is -2.35. The van der Waals surface area contributed by atoms with Crippen LogP contribution < -0.4 is 0 Å². The molecule has 0 aliphatic heterocycles. The van der Waals surface area contributed by atoms with Gasteiger partial charge in [-0.1, -0.05) is 32.9 Å². The van der Waals surface area contributed by atoms with Crippen LogP contribution in [-0.2, 0) is 4.79 Å². The first-order chi connectivity index (χ1) is 7.36. The number of allylic oxidation sites excluding steroid dienone is 2. The molecule has 92 valence electrons. The van der Waals surface area contributed by atoms with Crippen molar-refractivity contribution in [3.8, 4) is 0 Å². The standard InChI is InChI=1S/C14H24O2/c1-13(2,3)11-14(12(15)16)9-7-5-4-6-8-10-14/h4-5H,6-11H2,1-3H3,(H,15,16). The van der Waals surface area contributed by atoms with Crippen LogP contribution in [0.3, 0.4) is 0 Å². The lowest BCUT2D eigenvalue weighted by atomic mass is 9.68. The molecule has 1 rings (SSSR count). The van der Waals surface area contributed by atoms with Crippen LogP contribution in [0.5, 0.6) is 0 Å². The molecule has 0 aromatic carbocycles. The predicted octanol–water partition coefficient (Wildman–Crippen LogP) is 4.01. The average Bonchev–Trinajstić information content (AvgIpc) is 2.07. The monoisotopic (exact) mass is 224 g/mol. The van der Waals surface area contributed by atoms with Crippen molar-refractivity contribution < 1.29 is 9.90 Å². The summed E-state index contributed by atoms with van der Waals surface area (Å²) >= 11 is 0. The van der Waals surface area contributed by atoms with E-state index in [0.29, 0.717) is 0 Å². The highest BCUT2D eigenvalue weighted by atomic mass is 16.4. The number of hydrogen-bond acceptors (Lipinski definition) is 1. The van der Waals surface area contributed by atoms with E-state index in [0.717, 1.165) is 38.5 Å². The van der Waals surface area contributed by atoms with Crippen LogP contribution >= 0.6 is 0 Å². The van der Waals surface area contributed by atoms with E-state index in [4.69, 9.17) is 0 Å². The largest absolute Gasteiger partial charge is 0.481 e. The van der Waals surface area contributed by atoms with Crippen LogP contribution in [0.1, 0.15) is 59.3 Å². The Kier molecular flexibility index (Phi) is 4.17. The number of hydrogen-bond donors (Lipinski definition) is 1. The summed E-state index contributed by atoms with van der Waals surface area (Å²) in [5, 5.41) is 9.54. The molecular formula is C14H24O2. The molecule has 0 radical (unpaired) electrons. The van der Waals surface area contributed by atoms with Gasteiger partial charge in [-0.05, 0) is 43.9 Å². The lowest BCUT2D eigenvalue weighted by Gasteiger charge is -2.36. The molecule has 2 heteroatoms. The molecule has 0 amide bonds. The van der Waals surface area contributed by atoms with Gasteiger partial charge >= 0.3 is 5.97 Å². The Labute approximate surface area is 98.7 Å². The average molecular weight is 224 g/mol. The zero-order valence-electron chi connectivity index (χ0n) is 10.8. The maximum Gasteiger partial charge on any atom is 0.309 e. The first-order valence-electron chi connectivity index (χ1n) is 6.24. The molecule has 1 aliphatic rings. The minimum Gasteiger partial charge on any atom is -0.481 e. The van der Waals surface area contributed by atoms with Crippen molar-refractivity contribution in [2.45, 2.75) is 59.3 Å². The molecule has 0 aromatic heterocycles. The second kappa shape index (κ2) is 5.03. The van der Waals surface area contributed by atoms with Crippen molar-refractivity contribution in [3.63, 3.8) is 0 Å². The van der Waals surface area contributed by atoms with Crippen molar-refractivity contribution in [2.24, 2.45) is 10.8 Å². The van der Waals surface area contributed by atoms with E-state index < -0.39 is 11.4 Å². The van der Waals surface area contributed by atoms with E-state index in [2.05, 4.69) is 32.9 Å². The Balaban J connectivity index is 2.85. The molecule has 0 spiro atoms. The van der Waals surface area contributed by atoms with Crippen molar-refractivity contribution in [2.75, 3.05) is 0 Å². The summed E-state index contributed by atoms with van der Waals surface area (Å²) < 4.78 is 0. The van der Waals surface area contributed by atoms with Gasteiger partial charge in [-0.3, -0.25) is 4.79 Å². The van der Waals surface area contributed by atoms with Gasteiger partial charge < -0.3 is 5.11 Å². The van der Waals surface area contributed by atoms with Gasteiger partial charge in [-0.15, -0.1) is 0 Å². The Hall–Kier alpha value is -0.790. The summed E-state index contributed by atoms with van der Waals surface area (Å²) in [6.45, 7) is 6.39. The van der Waals surface area contributed by atoms with E-state index in [9.17, 15) is 9.90 Å². The molecule has 0 fully saturated rings. The highest BCUT2D eigenvalue weighted by Crippen LogP contribution is 2.42. The SMILES string of the molecule is CC(C)(C)CC1(C(=O)O)CCC=CCCC1. The fourth-order valence-corrected chi connectivity index (χ4v) is 2.76. The lowest BCUT2D eigenvalue weighted by molar-refractivity contribution is -0.152. The van der Waals surface area contributed by atoms with Gasteiger partial charge in [-0.25, -0.2) is 0 Å². The third-order valence-corrected chi connectivity index (χ3v) is 3.30. The molecule has 16 heavy (non-hydrogen) atoms. The highest BCUT2D eigenvalue weighted by molar-refractivity contribution is 5.74. The van der Waals surface area contributed by atoms with Gasteiger partial charge in [0.05, 0.1) is 5.41 Å². The molecule has 1 N–H and O–H groups in total. The highest BCUT2D eigenvalue weighted by Gasteiger charge is 2.40. The zero-order valence-corrected chi connectivity index (χ0v) is 10.8. The van der Waals surface area contributed by atoms with Crippen molar-refractivity contribution in [1.29, 1.82) is 0 Å². The van der Waals surface area contributed by atoms with Crippen LogP contribution in [0, 0.1) is 10.8 Å². The summed E-state index contributed by atoms with van der Waals surface area (Å²) in [6.07, 6.45) is 9.64. The van der Waals surface area contributed by atoms with Crippen LogP contribution in [0.15, 0.2) is 12.2 Å². The van der Waals surface area contributed by atoms with Crippen LogP contribution in [-0.4, -0.2) is 11.1 Å². The number of carbonyl (C=O) groups is 1. The number of carboxylic acid groups (broad SMARTS) is 1. The Morgan fingerprint density at radius 1 is 1.25 bits per heavy atom. The van der Waals surface area contributed by atoms with E-state index in [-0.39, 0.29) is 5.41 Å². The normalized spacial score (nSPS) is 27.2. The number of carboxylic acids is 1. The molecular weight excluding hydrogens is 200 g/mol. The number of rotatable bonds is 2. The molecule has 1 atom stereocenters. The maximum atomic E-state index is 11.6. The van der Waals surface area contributed by atoms with E-state index in [1.165, 1.54) is 0 Å². The van der Waals surface area contributed by atoms with Gasteiger partial charge in [0.25, 0.3) is 0 Å². The zero-order chi connectivity index (χ0) is 12.2. The third-order valence-electron chi connectivity index (χ3n) is 3.30. The summed E-state index contributed by atoms with van der Waals surface area (Å²) in [4.78, 5) is 11.6. The Bertz CT molecular complexity index is 273. The topological polar surface area (TPSA) is 37.3 Å². The fraction of sp³-hybridized carbons (Fsp3) is 0.786. The van der Waals surface area contributed by atoms with Crippen molar-refractivity contribution in [3.05, 3.63) is 12.2 Å². The summed E-state index contributed by atoms with van der Waals surface area (Å²) in [7, 11) is 0. The van der Waals surface area contributed by atoms with Crippen LogP contribution in [0.2, 0.25) is 0 Å².